The summed E-state index contributed by atoms with van der Waals surface area (Å²) in [6.07, 6.45) is -4.95. The Morgan fingerprint density at radius 1 is 1.14 bits per heavy atom. The summed E-state index contributed by atoms with van der Waals surface area (Å²) in [4.78, 5) is 4.17. The van der Waals surface area contributed by atoms with E-state index in [-0.39, 0.29) is 22.8 Å². The molecule has 0 bridgehead atoms. The van der Waals surface area contributed by atoms with E-state index in [4.69, 9.17) is 4.74 Å². The monoisotopic (exact) mass is 394 g/mol. The normalized spacial score (nSPS) is 14.7. The van der Waals surface area contributed by atoms with Crippen molar-refractivity contribution in [3.05, 3.63) is 59.2 Å². The summed E-state index contributed by atoms with van der Waals surface area (Å²) >= 11 is 0. The molecule has 4 nitrogen and oxygen atoms in total. The fourth-order valence-corrected chi connectivity index (χ4v) is 3.02. The first-order valence-electron chi connectivity index (χ1n) is 8.83. The lowest BCUT2D eigenvalue weighted by atomic mass is 9.84. The molecular formula is C21H25F3N2O2. The summed E-state index contributed by atoms with van der Waals surface area (Å²) in [7, 11) is 2.91. The topological polar surface area (TPSA) is 53.9 Å². The number of hydrogen-bond donors (Lipinski definition) is 2. The number of alkyl halides is 3. The van der Waals surface area contributed by atoms with Crippen LogP contribution >= 0.6 is 0 Å². The second-order valence-electron chi connectivity index (χ2n) is 6.83. The van der Waals surface area contributed by atoms with Crippen LogP contribution in [0.25, 0.3) is 0 Å². The third-order valence-electron chi connectivity index (χ3n) is 4.59. The van der Waals surface area contributed by atoms with E-state index >= 15 is 0 Å². The summed E-state index contributed by atoms with van der Waals surface area (Å²) in [5.74, 6) is 0.717. The number of aryl methyl sites for hydroxylation is 1. The predicted molar refractivity (Wildman–Crippen MR) is 105 cm³/mol. The minimum Gasteiger partial charge on any atom is -0.496 e. The molecule has 0 saturated heterocycles. The van der Waals surface area contributed by atoms with Gasteiger partial charge in [-0.2, -0.15) is 13.2 Å². The van der Waals surface area contributed by atoms with E-state index in [0.717, 1.165) is 0 Å². The van der Waals surface area contributed by atoms with Crippen LogP contribution in [0, 0.1) is 12.8 Å². The number of benzene rings is 2. The molecule has 152 valence electrons. The second-order valence-corrected chi connectivity index (χ2v) is 6.83. The number of nitrogens with zero attached hydrogens (tertiary/aromatic N) is 1. The number of rotatable bonds is 5. The first-order valence-corrected chi connectivity index (χ1v) is 8.83. The number of halogens is 3. The summed E-state index contributed by atoms with van der Waals surface area (Å²) in [6.45, 7) is 5.57. The van der Waals surface area contributed by atoms with Crippen LogP contribution in [0.1, 0.15) is 30.5 Å². The maximum atomic E-state index is 14.1. The summed E-state index contributed by atoms with van der Waals surface area (Å²) in [6, 6.07) is 9.74. The van der Waals surface area contributed by atoms with E-state index in [0.29, 0.717) is 17.1 Å². The molecule has 0 aliphatic rings. The van der Waals surface area contributed by atoms with Crippen molar-refractivity contribution >= 4 is 11.5 Å². The molecule has 2 aromatic carbocycles. The highest BCUT2D eigenvalue weighted by Crippen LogP contribution is 2.48. The Kier molecular flexibility index (Phi) is 6.39. The van der Waals surface area contributed by atoms with Crippen LogP contribution in [0.4, 0.5) is 18.9 Å². The molecule has 1 atom stereocenters. The number of hydrogen-bond acceptors (Lipinski definition) is 3. The molecule has 2 aromatic rings. The van der Waals surface area contributed by atoms with Crippen LogP contribution in [-0.4, -0.2) is 31.3 Å². The van der Waals surface area contributed by atoms with E-state index in [9.17, 15) is 18.3 Å². The van der Waals surface area contributed by atoms with E-state index in [1.165, 1.54) is 43.5 Å². The summed E-state index contributed by atoms with van der Waals surface area (Å²) in [5.41, 5.74) is -2.76. The van der Waals surface area contributed by atoms with E-state index in [1.54, 1.807) is 20.0 Å². The largest absolute Gasteiger partial charge is 0.496 e. The zero-order valence-corrected chi connectivity index (χ0v) is 16.6. The van der Waals surface area contributed by atoms with E-state index < -0.39 is 11.8 Å². The number of aliphatic imine (C=N–C) groups is 1. The molecule has 1 unspecified atom stereocenters. The molecule has 28 heavy (non-hydrogen) atoms. The zero-order valence-electron chi connectivity index (χ0n) is 16.6. The highest BCUT2D eigenvalue weighted by molar-refractivity contribution is 5.97. The van der Waals surface area contributed by atoms with Crippen molar-refractivity contribution in [2.24, 2.45) is 10.9 Å². The smallest absolute Gasteiger partial charge is 0.425 e. The number of nitrogens with one attached hydrogen (secondary N) is 1. The lowest BCUT2D eigenvalue weighted by Crippen LogP contribution is -2.43. The van der Waals surface area contributed by atoms with Gasteiger partial charge in [-0.1, -0.05) is 44.2 Å². The summed E-state index contributed by atoms with van der Waals surface area (Å²) in [5, 5.41) is 14.0. The highest BCUT2D eigenvalue weighted by Gasteiger charge is 2.57. The Hall–Kier alpha value is -2.54. The van der Waals surface area contributed by atoms with Crippen LogP contribution < -0.4 is 10.1 Å². The molecule has 0 aromatic heterocycles. The molecule has 0 amide bonds. The number of amidine groups is 1. The van der Waals surface area contributed by atoms with Gasteiger partial charge < -0.3 is 15.2 Å². The minimum atomic E-state index is -4.95. The van der Waals surface area contributed by atoms with Crippen LogP contribution in [-0.2, 0) is 5.60 Å². The molecule has 2 N–H and O–H groups in total. The predicted octanol–water partition coefficient (Wildman–Crippen LogP) is 4.90. The van der Waals surface area contributed by atoms with Crippen LogP contribution in [0.5, 0.6) is 5.75 Å². The zero-order chi connectivity index (χ0) is 21.1. The molecule has 0 radical (unpaired) electrons. The standard InChI is InChI=1S/C21H25F3N2O2/c1-13(2)19(25-4)26-17-12-18(28-5)16(11-14(17)3)20(27,21(22,23)24)15-9-7-6-8-10-15/h6-13,27H,1-5H3,(H,25,26). The van der Waals surface area contributed by atoms with Gasteiger partial charge in [0.1, 0.15) is 11.6 Å². The molecule has 0 fully saturated rings. The average Bonchev–Trinajstić information content (AvgIpc) is 2.65. The van der Waals surface area contributed by atoms with E-state index in [1.807, 2.05) is 13.8 Å². The molecule has 0 heterocycles. The van der Waals surface area contributed by atoms with Gasteiger partial charge in [-0.3, -0.25) is 4.99 Å². The Labute approximate surface area is 163 Å². The maximum Gasteiger partial charge on any atom is 0.425 e. The Bertz CT molecular complexity index is 849. The van der Waals surface area contributed by atoms with Gasteiger partial charge in [-0.05, 0) is 24.1 Å². The number of ether oxygens (including phenoxy) is 1. The van der Waals surface area contributed by atoms with Gasteiger partial charge in [-0.15, -0.1) is 0 Å². The van der Waals surface area contributed by atoms with Crippen LogP contribution in [0.15, 0.2) is 47.5 Å². The molecule has 2 rings (SSSR count). The third-order valence-corrected chi connectivity index (χ3v) is 4.59. The molecular weight excluding hydrogens is 369 g/mol. The van der Waals surface area contributed by atoms with Gasteiger partial charge >= 0.3 is 6.18 Å². The van der Waals surface area contributed by atoms with Crippen molar-refractivity contribution in [3.63, 3.8) is 0 Å². The van der Waals surface area contributed by atoms with Crippen molar-refractivity contribution in [2.45, 2.75) is 32.5 Å². The quantitative estimate of drug-likeness (QED) is 0.560. The van der Waals surface area contributed by atoms with Crippen molar-refractivity contribution in [1.29, 1.82) is 0 Å². The fourth-order valence-electron chi connectivity index (χ4n) is 3.02. The van der Waals surface area contributed by atoms with Gasteiger partial charge in [0, 0.05) is 30.3 Å². The van der Waals surface area contributed by atoms with Gasteiger partial charge in [0.05, 0.1) is 7.11 Å². The Morgan fingerprint density at radius 3 is 2.21 bits per heavy atom. The van der Waals surface area contributed by atoms with Crippen molar-refractivity contribution in [2.75, 3.05) is 19.5 Å². The van der Waals surface area contributed by atoms with Gasteiger partial charge in [0.25, 0.3) is 0 Å². The van der Waals surface area contributed by atoms with Crippen molar-refractivity contribution in [1.82, 2.24) is 0 Å². The third kappa shape index (κ3) is 3.99. The molecule has 0 saturated carbocycles. The molecule has 0 spiro atoms. The van der Waals surface area contributed by atoms with Gasteiger partial charge in [0.2, 0.25) is 5.60 Å². The first-order chi connectivity index (χ1) is 13.1. The molecule has 0 aliphatic carbocycles. The average molecular weight is 394 g/mol. The maximum absolute atomic E-state index is 14.1. The van der Waals surface area contributed by atoms with Crippen molar-refractivity contribution < 1.29 is 23.0 Å². The number of methoxy groups -OCH3 is 1. The lowest BCUT2D eigenvalue weighted by molar-refractivity contribution is -0.248. The SMILES string of the molecule is CN=C(Nc1cc(OC)c(C(O)(c2ccccc2)C(F)(F)F)cc1C)C(C)C. The first kappa shape index (κ1) is 21.8. The molecule has 0 aliphatic heterocycles. The minimum absolute atomic E-state index is 0.0732. The highest BCUT2D eigenvalue weighted by atomic mass is 19.4. The number of aliphatic hydroxyl groups is 1. The van der Waals surface area contributed by atoms with Crippen LogP contribution in [0.2, 0.25) is 0 Å². The second kappa shape index (κ2) is 8.22. The molecule has 7 heteroatoms. The van der Waals surface area contributed by atoms with E-state index in [2.05, 4.69) is 10.3 Å². The fraction of sp³-hybridized carbons (Fsp3) is 0.381. The number of anilines is 1. The Morgan fingerprint density at radius 2 is 1.75 bits per heavy atom. The van der Waals surface area contributed by atoms with Gasteiger partial charge in [-0.25, -0.2) is 0 Å². The van der Waals surface area contributed by atoms with Crippen molar-refractivity contribution in [3.8, 4) is 5.75 Å². The van der Waals surface area contributed by atoms with Gasteiger partial charge in [0.15, 0.2) is 0 Å². The summed E-state index contributed by atoms with van der Waals surface area (Å²) < 4.78 is 47.4. The lowest BCUT2D eigenvalue weighted by Gasteiger charge is -2.33. The Balaban J connectivity index is 2.68. The van der Waals surface area contributed by atoms with Crippen LogP contribution in [0.3, 0.4) is 0 Å².